The molecule has 2 atom stereocenters. The van der Waals surface area contributed by atoms with Crippen molar-refractivity contribution in [2.45, 2.75) is 25.5 Å². The SMILES string of the molecule is CCc1ccc(C(N)C(O)CN)cc1. The molecule has 0 amide bonds. The third-order valence-electron chi connectivity index (χ3n) is 2.43. The van der Waals surface area contributed by atoms with Crippen molar-refractivity contribution >= 4 is 0 Å². The predicted octanol–water partition coefficient (Wildman–Crippen LogP) is 0.568. The smallest absolute Gasteiger partial charge is 0.0854 e. The standard InChI is InChI=1S/C11H18N2O/c1-2-8-3-5-9(6-4-8)11(13)10(14)7-12/h3-6,10-11,14H,2,7,12-13H2,1H3. The minimum absolute atomic E-state index is 0.191. The fourth-order valence-corrected chi connectivity index (χ4v) is 1.34. The van der Waals surface area contributed by atoms with E-state index in [1.54, 1.807) is 0 Å². The molecule has 0 aliphatic carbocycles. The van der Waals surface area contributed by atoms with Crippen LogP contribution in [0.15, 0.2) is 24.3 Å². The van der Waals surface area contributed by atoms with E-state index >= 15 is 0 Å². The molecule has 0 aromatic heterocycles. The Balaban J connectivity index is 2.75. The summed E-state index contributed by atoms with van der Waals surface area (Å²) in [6.45, 7) is 2.29. The number of rotatable bonds is 4. The Bertz CT molecular complexity index is 271. The lowest BCUT2D eigenvalue weighted by molar-refractivity contribution is 0.153. The van der Waals surface area contributed by atoms with E-state index in [2.05, 4.69) is 6.92 Å². The molecule has 5 N–H and O–H groups in total. The van der Waals surface area contributed by atoms with Gasteiger partial charge in [0.05, 0.1) is 12.1 Å². The lowest BCUT2D eigenvalue weighted by Crippen LogP contribution is -2.32. The molecule has 0 bridgehead atoms. The third-order valence-corrected chi connectivity index (χ3v) is 2.43. The second kappa shape index (κ2) is 5.10. The summed E-state index contributed by atoms with van der Waals surface area (Å²) in [5.74, 6) is 0. The van der Waals surface area contributed by atoms with Gasteiger partial charge in [-0.3, -0.25) is 0 Å². The molecule has 78 valence electrons. The van der Waals surface area contributed by atoms with E-state index in [0.717, 1.165) is 12.0 Å². The van der Waals surface area contributed by atoms with Gasteiger partial charge in [0.1, 0.15) is 0 Å². The number of benzene rings is 1. The highest BCUT2D eigenvalue weighted by Gasteiger charge is 2.14. The molecule has 2 unspecified atom stereocenters. The van der Waals surface area contributed by atoms with Gasteiger partial charge in [-0.2, -0.15) is 0 Å². The van der Waals surface area contributed by atoms with Crippen molar-refractivity contribution < 1.29 is 5.11 Å². The molecule has 0 saturated carbocycles. The van der Waals surface area contributed by atoms with Gasteiger partial charge >= 0.3 is 0 Å². The minimum Gasteiger partial charge on any atom is -0.390 e. The van der Waals surface area contributed by atoms with Crippen molar-refractivity contribution in [2.75, 3.05) is 6.54 Å². The monoisotopic (exact) mass is 194 g/mol. The maximum atomic E-state index is 9.46. The zero-order valence-electron chi connectivity index (χ0n) is 8.48. The molecule has 0 radical (unpaired) electrons. The van der Waals surface area contributed by atoms with Gasteiger partial charge in [-0.25, -0.2) is 0 Å². The van der Waals surface area contributed by atoms with E-state index in [4.69, 9.17) is 11.5 Å². The molecule has 3 nitrogen and oxygen atoms in total. The van der Waals surface area contributed by atoms with E-state index in [-0.39, 0.29) is 12.6 Å². The number of nitrogens with two attached hydrogens (primary N) is 2. The van der Waals surface area contributed by atoms with Gasteiger partial charge in [0.15, 0.2) is 0 Å². The van der Waals surface area contributed by atoms with Crippen LogP contribution >= 0.6 is 0 Å². The second-order valence-corrected chi connectivity index (χ2v) is 3.42. The Kier molecular flexibility index (Phi) is 4.07. The van der Waals surface area contributed by atoms with Crippen LogP contribution in [0.25, 0.3) is 0 Å². The van der Waals surface area contributed by atoms with Crippen LogP contribution in [0.1, 0.15) is 24.1 Å². The van der Waals surface area contributed by atoms with Gasteiger partial charge in [-0.05, 0) is 17.5 Å². The average molecular weight is 194 g/mol. The lowest BCUT2D eigenvalue weighted by atomic mass is 10.0. The summed E-state index contributed by atoms with van der Waals surface area (Å²) in [5.41, 5.74) is 13.3. The Labute approximate surface area is 84.7 Å². The Morgan fingerprint density at radius 1 is 1.29 bits per heavy atom. The number of hydrogen-bond donors (Lipinski definition) is 3. The summed E-state index contributed by atoms with van der Waals surface area (Å²) in [7, 11) is 0. The van der Waals surface area contributed by atoms with Gasteiger partial charge < -0.3 is 16.6 Å². The van der Waals surface area contributed by atoms with Gasteiger partial charge in [0.25, 0.3) is 0 Å². The second-order valence-electron chi connectivity index (χ2n) is 3.42. The molecular weight excluding hydrogens is 176 g/mol. The molecule has 0 aliphatic rings. The third kappa shape index (κ3) is 2.54. The van der Waals surface area contributed by atoms with Gasteiger partial charge in [-0.15, -0.1) is 0 Å². The van der Waals surface area contributed by atoms with Crippen LogP contribution in [0.2, 0.25) is 0 Å². The highest BCUT2D eigenvalue weighted by Crippen LogP contribution is 2.14. The zero-order chi connectivity index (χ0) is 10.6. The Morgan fingerprint density at radius 2 is 1.86 bits per heavy atom. The largest absolute Gasteiger partial charge is 0.390 e. The van der Waals surface area contributed by atoms with Crippen LogP contribution in [0, 0.1) is 0 Å². The number of aliphatic hydroxyl groups is 1. The maximum Gasteiger partial charge on any atom is 0.0854 e. The number of hydrogen-bond acceptors (Lipinski definition) is 3. The fraction of sp³-hybridized carbons (Fsp3) is 0.455. The van der Waals surface area contributed by atoms with Crippen molar-refractivity contribution in [1.82, 2.24) is 0 Å². The summed E-state index contributed by atoms with van der Waals surface area (Å²) < 4.78 is 0. The summed E-state index contributed by atoms with van der Waals surface area (Å²) in [6, 6.07) is 7.56. The van der Waals surface area contributed by atoms with Gasteiger partial charge in [-0.1, -0.05) is 31.2 Å². The van der Waals surface area contributed by atoms with Crippen LogP contribution in [-0.2, 0) is 6.42 Å². The van der Waals surface area contributed by atoms with Crippen molar-refractivity contribution in [2.24, 2.45) is 11.5 Å². The summed E-state index contributed by atoms with van der Waals surface area (Å²) in [5, 5.41) is 9.46. The molecule has 1 aromatic carbocycles. The highest BCUT2D eigenvalue weighted by molar-refractivity contribution is 5.25. The molecule has 0 spiro atoms. The molecule has 14 heavy (non-hydrogen) atoms. The molecule has 0 saturated heterocycles. The predicted molar refractivity (Wildman–Crippen MR) is 57.8 cm³/mol. The van der Waals surface area contributed by atoms with E-state index in [9.17, 15) is 5.11 Å². The maximum absolute atomic E-state index is 9.46. The molecule has 0 heterocycles. The summed E-state index contributed by atoms with van der Waals surface area (Å²) in [4.78, 5) is 0. The van der Waals surface area contributed by atoms with Crippen molar-refractivity contribution in [1.29, 1.82) is 0 Å². The van der Waals surface area contributed by atoms with E-state index in [0.29, 0.717) is 0 Å². The van der Waals surface area contributed by atoms with Crippen LogP contribution in [0.4, 0.5) is 0 Å². The first-order chi connectivity index (χ1) is 6.69. The molecule has 1 aromatic rings. The zero-order valence-corrected chi connectivity index (χ0v) is 8.48. The van der Waals surface area contributed by atoms with Crippen LogP contribution < -0.4 is 11.5 Å². The highest BCUT2D eigenvalue weighted by atomic mass is 16.3. The van der Waals surface area contributed by atoms with E-state index < -0.39 is 6.10 Å². The first-order valence-electron chi connectivity index (χ1n) is 4.91. The lowest BCUT2D eigenvalue weighted by Gasteiger charge is -2.17. The molecule has 0 fully saturated rings. The normalized spacial score (nSPS) is 15.1. The molecule has 0 aliphatic heterocycles. The molecular formula is C11H18N2O. The first-order valence-corrected chi connectivity index (χ1v) is 4.91. The van der Waals surface area contributed by atoms with Crippen molar-refractivity contribution in [3.05, 3.63) is 35.4 Å². The topological polar surface area (TPSA) is 72.3 Å². The summed E-state index contributed by atoms with van der Waals surface area (Å²) in [6.07, 6.45) is 0.345. The fourth-order valence-electron chi connectivity index (χ4n) is 1.34. The number of aliphatic hydroxyl groups excluding tert-OH is 1. The molecule has 3 heteroatoms. The quantitative estimate of drug-likeness (QED) is 0.656. The van der Waals surface area contributed by atoms with Crippen LogP contribution in [0.3, 0.4) is 0 Å². The van der Waals surface area contributed by atoms with Gasteiger partial charge in [0, 0.05) is 6.54 Å². The van der Waals surface area contributed by atoms with Crippen LogP contribution in [0.5, 0.6) is 0 Å². The van der Waals surface area contributed by atoms with E-state index in [1.807, 2.05) is 24.3 Å². The minimum atomic E-state index is -0.664. The molecule has 1 rings (SSSR count). The van der Waals surface area contributed by atoms with Crippen molar-refractivity contribution in [3.8, 4) is 0 Å². The summed E-state index contributed by atoms with van der Waals surface area (Å²) >= 11 is 0. The average Bonchev–Trinajstić information content (AvgIpc) is 2.27. The van der Waals surface area contributed by atoms with Crippen LogP contribution in [-0.4, -0.2) is 17.8 Å². The Morgan fingerprint density at radius 3 is 2.29 bits per heavy atom. The van der Waals surface area contributed by atoms with Gasteiger partial charge in [0.2, 0.25) is 0 Å². The van der Waals surface area contributed by atoms with E-state index in [1.165, 1.54) is 5.56 Å². The van der Waals surface area contributed by atoms with Crippen molar-refractivity contribution in [3.63, 3.8) is 0 Å². The Hall–Kier alpha value is -0.900. The number of aryl methyl sites for hydroxylation is 1. The first kappa shape index (κ1) is 11.2.